The van der Waals surface area contributed by atoms with Gasteiger partial charge in [0.15, 0.2) is 6.79 Å². The van der Waals surface area contributed by atoms with Crippen LogP contribution in [0, 0.1) is 0 Å². The summed E-state index contributed by atoms with van der Waals surface area (Å²) in [7, 11) is 1.57. The van der Waals surface area contributed by atoms with Crippen molar-refractivity contribution in [1.29, 1.82) is 0 Å². The van der Waals surface area contributed by atoms with Gasteiger partial charge in [0.2, 0.25) is 0 Å². The monoisotopic (exact) mass is 223 g/mol. The summed E-state index contributed by atoms with van der Waals surface area (Å²) in [5, 5.41) is 2.30. The van der Waals surface area contributed by atoms with Crippen LogP contribution in [0.3, 0.4) is 0 Å². The molecule has 0 amide bonds. The number of fused-ring (bicyclic) bond motifs is 1. The summed E-state index contributed by atoms with van der Waals surface area (Å²) in [6.07, 6.45) is 1.60. The van der Waals surface area contributed by atoms with Crippen molar-refractivity contribution in [3.05, 3.63) is 35.6 Å². The third-order valence-electron chi connectivity index (χ3n) is 2.04. The molecule has 0 N–H and O–H groups in total. The lowest BCUT2D eigenvalue weighted by atomic mass is 10.2. The minimum absolute atomic E-state index is 0.202. The average Bonchev–Trinajstić information content (AvgIpc) is 2.29. The number of rotatable bonds is 3. The molecule has 3 nitrogen and oxygen atoms in total. The molecule has 4 heteroatoms. The number of halogens is 1. The predicted octanol–water partition coefficient (Wildman–Crippen LogP) is 2.87. The number of hydrogen-bond donors (Lipinski definition) is 0. The molecule has 0 aliphatic carbocycles. The molecule has 0 fully saturated rings. The first-order chi connectivity index (χ1) is 7.33. The van der Waals surface area contributed by atoms with E-state index in [1.165, 1.54) is 0 Å². The highest BCUT2D eigenvalue weighted by molar-refractivity contribution is 6.34. The van der Waals surface area contributed by atoms with E-state index in [-0.39, 0.29) is 6.79 Å². The fourth-order valence-electron chi connectivity index (χ4n) is 1.37. The van der Waals surface area contributed by atoms with E-state index in [0.29, 0.717) is 10.9 Å². The Labute approximate surface area is 92.6 Å². The van der Waals surface area contributed by atoms with Crippen molar-refractivity contribution in [1.82, 2.24) is 4.98 Å². The summed E-state index contributed by atoms with van der Waals surface area (Å²) < 4.78 is 10.2. The van der Waals surface area contributed by atoms with Crippen LogP contribution >= 0.6 is 11.6 Å². The summed E-state index contributed by atoms with van der Waals surface area (Å²) in [5.41, 5.74) is 0. The van der Waals surface area contributed by atoms with Crippen molar-refractivity contribution in [3.8, 4) is 5.75 Å². The van der Waals surface area contributed by atoms with Crippen LogP contribution in [0.15, 0.2) is 30.5 Å². The smallest absolute Gasteiger partial charge is 0.188 e. The number of aromatic nitrogens is 1. The fourth-order valence-corrected chi connectivity index (χ4v) is 1.58. The van der Waals surface area contributed by atoms with Crippen molar-refractivity contribution < 1.29 is 9.47 Å². The quantitative estimate of drug-likeness (QED) is 0.592. The first kappa shape index (κ1) is 10.2. The first-order valence-electron chi connectivity index (χ1n) is 4.48. The van der Waals surface area contributed by atoms with Crippen molar-refractivity contribution in [3.63, 3.8) is 0 Å². The number of pyridine rings is 1. The zero-order valence-electron chi connectivity index (χ0n) is 8.24. The van der Waals surface area contributed by atoms with Gasteiger partial charge in [-0.3, -0.25) is 0 Å². The van der Waals surface area contributed by atoms with Crippen molar-refractivity contribution in [2.75, 3.05) is 13.9 Å². The number of nitrogens with zero attached hydrogens (tertiary/aromatic N) is 1. The maximum absolute atomic E-state index is 5.97. The maximum Gasteiger partial charge on any atom is 0.188 e. The van der Waals surface area contributed by atoms with Crippen LogP contribution in [0.2, 0.25) is 5.15 Å². The molecule has 0 aliphatic heterocycles. The van der Waals surface area contributed by atoms with E-state index in [9.17, 15) is 0 Å². The Hall–Kier alpha value is -1.32. The topological polar surface area (TPSA) is 31.4 Å². The van der Waals surface area contributed by atoms with Crippen LogP contribution in [-0.4, -0.2) is 18.9 Å². The summed E-state index contributed by atoms with van der Waals surface area (Å²) in [4.78, 5) is 4.05. The average molecular weight is 224 g/mol. The number of ether oxygens (including phenoxy) is 2. The molecule has 1 aromatic heterocycles. The van der Waals surface area contributed by atoms with Gasteiger partial charge in [-0.1, -0.05) is 35.9 Å². The van der Waals surface area contributed by atoms with E-state index in [0.717, 1.165) is 10.8 Å². The minimum Gasteiger partial charge on any atom is -0.465 e. The van der Waals surface area contributed by atoms with Gasteiger partial charge >= 0.3 is 0 Å². The molecule has 0 radical (unpaired) electrons. The van der Waals surface area contributed by atoms with Gasteiger partial charge < -0.3 is 9.47 Å². The van der Waals surface area contributed by atoms with Crippen LogP contribution in [0.1, 0.15) is 0 Å². The van der Waals surface area contributed by atoms with Crippen LogP contribution in [0.5, 0.6) is 5.75 Å². The van der Waals surface area contributed by atoms with Crippen LogP contribution in [0.4, 0.5) is 0 Å². The van der Waals surface area contributed by atoms with Crippen LogP contribution in [0.25, 0.3) is 10.8 Å². The Kier molecular flexibility index (Phi) is 3.04. The van der Waals surface area contributed by atoms with Crippen molar-refractivity contribution in [2.45, 2.75) is 0 Å². The van der Waals surface area contributed by atoms with Gasteiger partial charge in [-0.2, -0.15) is 0 Å². The van der Waals surface area contributed by atoms with Crippen molar-refractivity contribution in [2.24, 2.45) is 0 Å². The van der Waals surface area contributed by atoms with Gasteiger partial charge in [0.25, 0.3) is 0 Å². The van der Waals surface area contributed by atoms with Gasteiger partial charge in [-0.15, -0.1) is 0 Å². The zero-order valence-corrected chi connectivity index (χ0v) is 8.99. The molecule has 0 bridgehead atoms. The molecular formula is C11H10ClNO2. The van der Waals surface area contributed by atoms with Crippen molar-refractivity contribution >= 4 is 22.4 Å². The van der Waals surface area contributed by atoms with E-state index in [4.69, 9.17) is 21.1 Å². The third kappa shape index (κ3) is 2.03. The molecule has 1 aromatic carbocycles. The molecule has 0 aliphatic rings. The Morgan fingerprint density at radius 1 is 1.27 bits per heavy atom. The maximum atomic E-state index is 5.97. The molecule has 15 heavy (non-hydrogen) atoms. The van der Waals surface area contributed by atoms with E-state index in [1.54, 1.807) is 13.3 Å². The normalized spacial score (nSPS) is 10.5. The summed E-state index contributed by atoms with van der Waals surface area (Å²) >= 11 is 5.97. The second kappa shape index (κ2) is 4.47. The second-order valence-corrected chi connectivity index (χ2v) is 3.37. The van der Waals surface area contributed by atoms with Gasteiger partial charge in [0.05, 0.1) is 6.20 Å². The van der Waals surface area contributed by atoms with E-state index >= 15 is 0 Å². The van der Waals surface area contributed by atoms with Gasteiger partial charge in [0, 0.05) is 17.9 Å². The molecule has 0 spiro atoms. The third-order valence-corrected chi connectivity index (χ3v) is 2.34. The second-order valence-electron chi connectivity index (χ2n) is 3.01. The Balaban J connectivity index is 2.51. The Morgan fingerprint density at radius 3 is 2.73 bits per heavy atom. The molecule has 0 saturated carbocycles. The standard InChI is InChI=1S/C11H10ClNO2/c1-14-7-15-10-6-13-11(12)9-5-3-2-4-8(9)10/h2-6H,7H2,1H3. The summed E-state index contributed by atoms with van der Waals surface area (Å²) in [6, 6.07) is 7.69. The molecule has 78 valence electrons. The zero-order chi connectivity index (χ0) is 10.7. The lowest BCUT2D eigenvalue weighted by Crippen LogP contribution is -1.99. The van der Waals surface area contributed by atoms with E-state index in [1.807, 2.05) is 24.3 Å². The van der Waals surface area contributed by atoms with Crippen LogP contribution < -0.4 is 4.74 Å². The highest BCUT2D eigenvalue weighted by Gasteiger charge is 2.05. The SMILES string of the molecule is COCOc1cnc(Cl)c2ccccc12. The van der Waals surface area contributed by atoms with E-state index in [2.05, 4.69) is 4.98 Å². The highest BCUT2D eigenvalue weighted by atomic mass is 35.5. The molecule has 0 unspecified atom stereocenters. The summed E-state index contributed by atoms with van der Waals surface area (Å²) in [6.45, 7) is 0.202. The molecule has 1 heterocycles. The highest BCUT2D eigenvalue weighted by Crippen LogP contribution is 2.28. The molecule has 2 aromatic rings. The largest absolute Gasteiger partial charge is 0.465 e. The Morgan fingerprint density at radius 2 is 2.00 bits per heavy atom. The molecular weight excluding hydrogens is 214 g/mol. The predicted molar refractivity (Wildman–Crippen MR) is 59.3 cm³/mol. The van der Waals surface area contributed by atoms with E-state index < -0.39 is 0 Å². The van der Waals surface area contributed by atoms with Crippen LogP contribution in [-0.2, 0) is 4.74 Å². The molecule has 2 rings (SSSR count). The minimum atomic E-state index is 0.202. The lowest BCUT2D eigenvalue weighted by Gasteiger charge is -2.08. The van der Waals surface area contributed by atoms with Gasteiger partial charge in [0.1, 0.15) is 10.9 Å². The lowest BCUT2D eigenvalue weighted by molar-refractivity contribution is 0.0520. The first-order valence-corrected chi connectivity index (χ1v) is 4.85. The number of methoxy groups -OCH3 is 1. The fraction of sp³-hybridized carbons (Fsp3) is 0.182. The molecule has 0 atom stereocenters. The number of benzene rings is 1. The summed E-state index contributed by atoms with van der Waals surface area (Å²) in [5.74, 6) is 0.678. The van der Waals surface area contributed by atoms with Gasteiger partial charge in [-0.05, 0) is 0 Å². The van der Waals surface area contributed by atoms with Gasteiger partial charge in [-0.25, -0.2) is 4.98 Å². The molecule has 0 saturated heterocycles. The number of hydrogen-bond acceptors (Lipinski definition) is 3. The Bertz CT molecular complexity index is 473.